The zero-order valence-corrected chi connectivity index (χ0v) is 15.1. The van der Waals surface area contributed by atoms with Gasteiger partial charge in [0.05, 0.1) is 6.42 Å². The molecule has 0 aromatic carbocycles. The molecule has 6 heteroatoms. The number of carbonyl (C=O) groups excluding carboxylic acids is 2. The molecule has 4 saturated carbocycles. The van der Waals surface area contributed by atoms with Crippen LogP contribution >= 0.6 is 0 Å². The van der Waals surface area contributed by atoms with Crippen LogP contribution < -0.4 is 10.7 Å². The van der Waals surface area contributed by atoms with Crippen molar-refractivity contribution in [1.29, 1.82) is 0 Å². The van der Waals surface area contributed by atoms with Crippen molar-refractivity contribution in [3.8, 4) is 0 Å². The molecule has 26 heavy (non-hydrogen) atoms. The first-order valence-electron chi connectivity index (χ1n) is 9.61. The highest BCUT2D eigenvalue weighted by Gasteiger charge is 2.48. The van der Waals surface area contributed by atoms with Crippen molar-refractivity contribution >= 4 is 17.5 Å². The molecule has 0 unspecified atom stereocenters. The number of hydrogen-bond acceptors (Lipinski definition) is 4. The molecule has 1 aromatic heterocycles. The Morgan fingerprint density at radius 3 is 2.31 bits per heavy atom. The molecule has 138 valence electrons. The molecule has 2 amide bonds. The summed E-state index contributed by atoms with van der Waals surface area (Å²) in [7, 11) is 0. The number of hydrogen-bond donors (Lipinski definition) is 2. The van der Waals surface area contributed by atoms with Crippen LogP contribution in [-0.4, -0.2) is 28.6 Å². The number of pyridine rings is 1. The van der Waals surface area contributed by atoms with Gasteiger partial charge in [0.2, 0.25) is 5.91 Å². The number of hydrazone groups is 1. The lowest BCUT2D eigenvalue weighted by Crippen LogP contribution is -2.56. The van der Waals surface area contributed by atoms with Gasteiger partial charge in [-0.3, -0.25) is 14.6 Å². The van der Waals surface area contributed by atoms with Crippen LogP contribution in [0.3, 0.4) is 0 Å². The van der Waals surface area contributed by atoms with E-state index in [-0.39, 0.29) is 18.2 Å². The molecule has 0 atom stereocenters. The molecule has 5 rings (SSSR count). The molecule has 6 nitrogen and oxygen atoms in total. The van der Waals surface area contributed by atoms with E-state index in [0.717, 1.165) is 11.8 Å². The highest BCUT2D eigenvalue weighted by molar-refractivity contribution is 6.01. The van der Waals surface area contributed by atoms with Gasteiger partial charge in [-0.1, -0.05) is 0 Å². The maximum atomic E-state index is 12.4. The van der Waals surface area contributed by atoms with Gasteiger partial charge in [0.1, 0.15) is 0 Å². The number of amides is 2. The summed E-state index contributed by atoms with van der Waals surface area (Å²) >= 11 is 0. The monoisotopic (exact) mass is 354 g/mol. The zero-order chi connectivity index (χ0) is 18.1. The maximum absolute atomic E-state index is 12.4. The minimum absolute atomic E-state index is 0.0156. The van der Waals surface area contributed by atoms with E-state index < -0.39 is 0 Å². The molecule has 0 aliphatic heterocycles. The summed E-state index contributed by atoms with van der Waals surface area (Å²) in [6, 6.07) is 3.59. The standard InChI is InChI=1S/C20H26N4O2/c1-12(23-24-20(26)15-2-4-21-5-3-15)6-18(25)22-19-16-8-13-7-14(10-16)11-17(19)9-13/h2-5,13-14,16-17,19H,6-11H2,1H3,(H,22,25)(H,24,26)/b23-12-. The topological polar surface area (TPSA) is 83.5 Å². The average molecular weight is 354 g/mol. The summed E-state index contributed by atoms with van der Waals surface area (Å²) in [4.78, 5) is 28.3. The second-order valence-corrected chi connectivity index (χ2v) is 8.22. The number of nitrogens with zero attached hydrogens (tertiary/aromatic N) is 2. The zero-order valence-electron chi connectivity index (χ0n) is 15.1. The summed E-state index contributed by atoms with van der Waals surface area (Å²) in [5.41, 5.74) is 3.60. The summed E-state index contributed by atoms with van der Waals surface area (Å²) in [5.74, 6) is 2.85. The van der Waals surface area contributed by atoms with Crippen LogP contribution in [0, 0.1) is 23.7 Å². The van der Waals surface area contributed by atoms with E-state index in [1.807, 2.05) is 0 Å². The molecule has 0 spiro atoms. The van der Waals surface area contributed by atoms with E-state index in [0.29, 0.717) is 29.2 Å². The quantitative estimate of drug-likeness (QED) is 0.629. The Balaban J connectivity index is 1.28. The molecule has 4 fully saturated rings. The molecule has 4 aliphatic rings. The van der Waals surface area contributed by atoms with Gasteiger partial charge in [-0.25, -0.2) is 5.43 Å². The second-order valence-electron chi connectivity index (χ2n) is 8.22. The van der Waals surface area contributed by atoms with E-state index in [1.54, 1.807) is 31.5 Å². The SMILES string of the molecule is C/C(CC(=O)NC1C2CC3CC(C2)CC1C3)=N/NC(=O)c1ccncc1. The summed E-state index contributed by atoms with van der Waals surface area (Å²) in [6.07, 6.45) is 9.89. The van der Waals surface area contributed by atoms with Crippen LogP contribution in [0.15, 0.2) is 29.6 Å². The van der Waals surface area contributed by atoms with E-state index in [9.17, 15) is 9.59 Å². The van der Waals surface area contributed by atoms with E-state index in [4.69, 9.17) is 0 Å². The van der Waals surface area contributed by atoms with Crippen molar-refractivity contribution in [3.63, 3.8) is 0 Å². The van der Waals surface area contributed by atoms with Crippen LogP contribution in [0.2, 0.25) is 0 Å². The number of carbonyl (C=O) groups is 2. The van der Waals surface area contributed by atoms with Crippen LogP contribution in [0.4, 0.5) is 0 Å². The lowest BCUT2D eigenvalue weighted by Gasteiger charge is -2.54. The fourth-order valence-electron chi connectivity index (χ4n) is 5.38. The minimum Gasteiger partial charge on any atom is -0.352 e. The smallest absolute Gasteiger partial charge is 0.271 e. The van der Waals surface area contributed by atoms with Gasteiger partial charge >= 0.3 is 0 Å². The number of nitrogens with one attached hydrogen (secondary N) is 2. The second kappa shape index (κ2) is 7.17. The minimum atomic E-state index is -0.298. The number of aromatic nitrogens is 1. The van der Waals surface area contributed by atoms with Gasteiger partial charge in [0, 0.05) is 29.7 Å². The first-order chi connectivity index (χ1) is 12.6. The predicted octanol–water partition coefficient (Wildman–Crippen LogP) is 2.52. The van der Waals surface area contributed by atoms with Crippen molar-refractivity contribution < 1.29 is 9.59 Å². The van der Waals surface area contributed by atoms with Gasteiger partial charge in [-0.15, -0.1) is 0 Å². The van der Waals surface area contributed by atoms with Crippen molar-refractivity contribution in [2.24, 2.45) is 28.8 Å². The van der Waals surface area contributed by atoms with Gasteiger partial charge in [-0.05, 0) is 74.8 Å². The first-order valence-corrected chi connectivity index (χ1v) is 9.61. The Bertz CT molecular complexity index is 688. The lowest BCUT2D eigenvalue weighted by atomic mass is 9.54. The van der Waals surface area contributed by atoms with Crippen molar-refractivity contribution in [2.45, 2.75) is 51.5 Å². The highest BCUT2D eigenvalue weighted by Crippen LogP contribution is 2.53. The van der Waals surface area contributed by atoms with Gasteiger partial charge in [-0.2, -0.15) is 5.10 Å². The van der Waals surface area contributed by atoms with Crippen LogP contribution in [0.25, 0.3) is 0 Å². The van der Waals surface area contributed by atoms with Crippen molar-refractivity contribution in [1.82, 2.24) is 15.7 Å². The van der Waals surface area contributed by atoms with Gasteiger partial charge in [0.25, 0.3) is 5.91 Å². The molecule has 2 N–H and O–H groups in total. The van der Waals surface area contributed by atoms with Gasteiger partial charge in [0.15, 0.2) is 0 Å². The Kier molecular flexibility index (Phi) is 4.74. The summed E-state index contributed by atoms with van der Waals surface area (Å²) < 4.78 is 0. The molecule has 0 radical (unpaired) electrons. The Labute approximate surface area is 153 Å². The molecule has 4 bridgehead atoms. The van der Waals surface area contributed by atoms with Crippen LogP contribution in [-0.2, 0) is 4.79 Å². The Morgan fingerprint density at radius 1 is 1.08 bits per heavy atom. The van der Waals surface area contributed by atoms with Crippen LogP contribution in [0.1, 0.15) is 55.8 Å². The van der Waals surface area contributed by atoms with E-state index in [1.165, 1.54) is 32.1 Å². The average Bonchev–Trinajstić information content (AvgIpc) is 2.63. The van der Waals surface area contributed by atoms with E-state index in [2.05, 4.69) is 20.8 Å². The molecule has 0 saturated heterocycles. The third kappa shape index (κ3) is 3.64. The molecular formula is C20H26N4O2. The molecule has 1 aromatic rings. The van der Waals surface area contributed by atoms with Crippen molar-refractivity contribution in [2.75, 3.05) is 0 Å². The predicted molar refractivity (Wildman–Crippen MR) is 98.4 cm³/mol. The largest absolute Gasteiger partial charge is 0.352 e. The molecule has 4 aliphatic carbocycles. The lowest BCUT2D eigenvalue weighted by molar-refractivity contribution is -0.123. The first kappa shape index (κ1) is 17.2. The summed E-state index contributed by atoms with van der Waals surface area (Å²) in [5, 5.41) is 7.33. The fraction of sp³-hybridized carbons (Fsp3) is 0.600. The number of rotatable bonds is 5. The van der Waals surface area contributed by atoms with Crippen molar-refractivity contribution in [3.05, 3.63) is 30.1 Å². The van der Waals surface area contributed by atoms with Gasteiger partial charge < -0.3 is 5.32 Å². The molecular weight excluding hydrogens is 328 g/mol. The highest BCUT2D eigenvalue weighted by atomic mass is 16.2. The molecule has 1 heterocycles. The Hall–Kier alpha value is -2.24. The van der Waals surface area contributed by atoms with Crippen LogP contribution in [0.5, 0.6) is 0 Å². The third-order valence-corrected chi connectivity index (χ3v) is 6.26. The summed E-state index contributed by atoms with van der Waals surface area (Å²) in [6.45, 7) is 1.77. The normalized spacial score (nSPS) is 32.3. The maximum Gasteiger partial charge on any atom is 0.271 e. The third-order valence-electron chi connectivity index (χ3n) is 6.26. The van der Waals surface area contributed by atoms with E-state index >= 15 is 0 Å². The Morgan fingerprint density at radius 2 is 1.69 bits per heavy atom. The fourth-order valence-corrected chi connectivity index (χ4v) is 5.38.